The second kappa shape index (κ2) is 8.02. The van der Waals surface area contributed by atoms with Crippen molar-refractivity contribution in [1.29, 1.82) is 0 Å². The molecule has 4 rings (SSSR count). The van der Waals surface area contributed by atoms with Gasteiger partial charge in [-0.05, 0) is 61.4 Å². The van der Waals surface area contributed by atoms with Crippen molar-refractivity contribution >= 4 is 17.5 Å². The SMILES string of the molecule is COc1ccc(C(=O)N2CCCC(c3nc(-c4ccc(Cl)cc4)no3)C2)cc1. The van der Waals surface area contributed by atoms with Crippen LogP contribution in [-0.2, 0) is 0 Å². The van der Waals surface area contributed by atoms with Crippen molar-refractivity contribution in [2.45, 2.75) is 18.8 Å². The van der Waals surface area contributed by atoms with E-state index in [0.717, 1.165) is 30.7 Å². The number of methoxy groups -OCH3 is 1. The van der Waals surface area contributed by atoms with E-state index in [0.29, 0.717) is 28.8 Å². The lowest BCUT2D eigenvalue weighted by molar-refractivity contribution is 0.0695. The standard InChI is InChI=1S/C21H20ClN3O3/c1-27-18-10-6-15(7-11-18)21(26)25-12-2-3-16(13-25)20-23-19(24-28-20)14-4-8-17(22)9-5-14/h4-11,16H,2-3,12-13H2,1H3. The van der Waals surface area contributed by atoms with Gasteiger partial charge in [0.1, 0.15) is 5.75 Å². The van der Waals surface area contributed by atoms with Crippen LogP contribution in [0.1, 0.15) is 35.0 Å². The van der Waals surface area contributed by atoms with E-state index in [4.69, 9.17) is 20.9 Å². The van der Waals surface area contributed by atoms with E-state index in [-0.39, 0.29) is 11.8 Å². The van der Waals surface area contributed by atoms with Crippen LogP contribution >= 0.6 is 11.6 Å². The van der Waals surface area contributed by atoms with Crippen LogP contribution < -0.4 is 4.74 Å². The van der Waals surface area contributed by atoms with E-state index >= 15 is 0 Å². The minimum atomic E-state index is 0.00444. The Bertz CT molecular complexity index is 954. The molecular weight excluding hydrogens is 378 g/mol. The molecule has 1 aromatic heterocycles. The second-order valence-corrected chi connectivity index (χ2v) is 7.22. The number of benzene rings is 2. The van der Waals surface area contributed by atoms with Crippen LogP contribution in [0.2, 0.25) is 5.02 Å². The Morgan fingerprint density at radius 3 is 2.64 bits per heavy atom. The molecular formula is C21H20ClN3O3. The van der Waals surface area contributed by atoms with Crippen molar-refractivity contribution in [3.05, 3.63) is 65.0 Å². The normalized spacial score (nSPS) is 16.8. The third-order valence-corrected chi connectivity index (χ3v) is 5.19. The summed E-state index contributed by atoms with van der Waals surface area (Å²) < 4.78 is 10.7. The largest absolute Gasteiger partial charge is 0.497 e. The molecule has 0 aliphatic carbocycles. The highest BCUT2D eigenvalue weighted by Gasteiger charge is 2.29. The molecule has 0 spiro atoms. The van der Waals surface area contributed by atoms with Crippen molar-refractivity contribution in [3.63, 3.8) is 0 Å². The first-order valence-electron chi connectivity index (χ1n) is 9.17. The highest BCUT2D eigenvalue weighted by molar-refractivity contribution is 6.30. The summed E-state index contributed by atoms with van der Waals surface area (Å²) in [6, 6.07) is 14.5. The number of amides is 1. The molecule has 1 aliphatic heterocycles. The monoisotopic (exact) mass is 397 g/mol. The van der Waals surface area contributed by atoms with Gasteiger partial charge in [-0.3, -0.25) is 4.79 Å². The summed E-state index contributed by atoms with van der Waals surface area (Å²) in [7, 11) is 1.61. The molecule has 1 atom stereocenters. The summed E-state index contributed by atoms with van der Waals surface area (Å²) in [6.45, 7) is 1.28. The highest BCUT2D eigenvalue weighted by atomic mass is 35.5. The van der Waals surface area contributed by atoms with Gasteiger partial charge >= 0.3 is 0 Å². The van der Waals surface area contributed by atoms with Crippen molar-refractivity contribution in [1.82, 2.24) is 15.0 Å². The van der Waals surface area contributed by atoms with Gasteiger partial charge in [0.2, 0.25) is 11.7 Å². The zero-order valence-electron chi connectivity index (χ0n) is 15.5. The molecule has 0 saturated carbocycles. The topological polar surface area (TPSA) is 68.5 Å². The number of hydrogen-bond acceptors (Lipinski definition) is 5. The minimum absolute atomic E-state index is 0.00444. The fourth-order valence-electron chi connectivity index (χ4n) is 3.40. The number of likely N-dealkylation sites (tertiary alicyclic amines) is 1. The number of rotatable bonds is 4. The van der Waals surface area contributed by atoms with Crippen molar-refractivity contribution in [2.24, 2.45) is 0 Å². The maximum atomic E-state index is 12.8. The predicted molar refractivity (Wildman–Crippen MR) is 106 cm³/mol. The zero-order chi connectivity index (χ0) is 19.5. The fraction of sp³-hybridized carbons (Fsp3) is 0.286. The van der Waals surface area contributed by atoms with Gasteiger partial charge in [0.15, 0.2) is 0 Å². The molecule has 144 valence electrons. The molecule has 1 aliphatic rings. The number of aromatic nitrogens is 2. The fourth-order valence-corrected chi connectivity index (χ4v) is 3.52. The van der Waals surface area contributed by atoms with Crippen LogP contribution in [0.25, 0.3) is 11.4 Å². The number of carbonyl (C=O) groups is 1. The van der Waals surface area contributed by atoms with Crippen molar-refractivity contribution in [3.8, 4) is 17.1 Å². The lowest BCUT2D eigenvalue weighted by Gasteiger charge is -2.31. The van der Waals surface area contributed by atoms with Gasteiger partial charge in [0.25, 0.3) is 5.91 Å². The zero-order valence-corrected chi connectivity index (χ0v) is 16.2. The summed E-state index contributed by atoms with van der Waals surface area (Å²) in [4.78, 5) is 19.2. The number of carbonyl (C=O) groups excluding carboxylic acids is 1. The lowest BCUT2D eigenvalue weighted by Crippen LogP contribution is -2.39. The van der Waals surface area contributed by atoms with Gasteiger partial charge < -0.3 is 14.2 Å². The van der Waals surface area contributed by atoms with Crippen LogP contribution in [0.3, 0.4) is 0 Å². The van der Waals surface area contributed by atoms with E-state index in [1.165, 1.54) is 0 Å². The van der Waals surface area contributed by atoms with Crippen LogP contribution in [-0.4, -0.2) is 41.1 Å². The summed E-state index contributed by atoms with van der Waals surface area (Å²) in [5, 5.41) is 4.75. The summed E-state index contributed by atoms with van der Waals surface area (Å²) in [5.41, 5.74) is 1.50. The van der Waals surface area contributed by atoms with E-state index < -0.39 is 0 Å². The van der Waals surface area contributed by atoms with Crippen molar-refractivity contribution < 1.29 is 14.1 Å². The molecule has 0 bridgehead atoms. The Morgan fingerprint density at radius 2 is 1.93 bits per heavy atom. The van der Waals surface area contributed by atoms with Crippen LogP contribution in [0.4, 0.5) is 0 Å². The molecule has 3 aromatic rings. The van der Waals surface area contributed by atoms with Crippen LogP contribution in [0.15, 0.2) is 53.1 Å². The third-order valence-electron chi connectivity index (χ3n) is 4.94. The average Bonchev–Trinajstić information content (AvgIpc) is 3.24. The van der Waals surface area contributed by atoms with Crippen LogP contribution in [0.5, 0.6) is 5.75 Å². The van der Waals surface area contributed by atoms with Gasteiger partial charge in [-0.25, -0.2) is 0 Å². The lowest BCUT2D eigenvalue weighted by atomic mass is 9.97. The Balaban J connectivity index is 1.47. The van der Waals surface area contributed by atoms with E-state index in [2.05, 4.69) is 10.1 Å². The Labute approximate surface area is 168 Å². The smallest absolute Gasteiger partial charge is 0.253 e. The number of hydrogen-bond donors (Lipinski definition) is 0. The Kier molecular flexibility index (Phi) is 5.30. The molecule has 2 aromatic carbocycles. The van der Waals surface area contributed by atoms with Crippen LogP contribution in [0, 0.1) is 0 Å². The quantitative estimate of drug-likeness (QED) is 0.651. The van der Waals surface area contributed by atoms with Gasteiger partial charge in [-0.1, -0.05) is 16.8 Å². The molecule has 1 saturated heterocycles. The molecule has 7 heteroatoms. The highest BCUT2D eigenvalue weighted by Crippen LogP contribution is 2.29. The molecule has 1 amide bonds. The molecule has 28 heavy (non-hydrogen) atoms. The maximum Gasteiger partial charge on any atom is 0.253 e. The summed E-state index contributed by atoms with van der Waals surface area (Å²) >= 11 is 5.93. The minimum Gasteiger partial charge on any atom is -0.497 e. The first-order chi connectivity index (χ1) is 13.6. The summed E-state index contributed by atoms with van der Waals surface area (Å²) in [6.07, 6.45) is 1.81. The number of ether oxygens (including phenoxy) is 1. The third kappa shape index (κ3) is 3.87. The molecule has 1 unspecified atom stereocenters. The first-order valence-corrected chi connectivity index (χ1v) is 9.54. The molecule has 2 heterocycles. The Hall–Kier alpha value is -2.86. The van der Waals surface area contributed by atoms with Gasteiger partial charge in [0, 0.05) is 29.2 Å². The average molecular weight is 398 g/mol. The maximum absolute atomic E-state index is 12.8. The summed E-state index contributed by atoms with van der Waals surface area (Å²) in [5.74, 6) is 1.87. The van der Waals surface area contributed by atoms with E-state index in [1.54, 1.807) is 43.5 Å². The predicted octanol–water partition coefficient (Wildman–Crippen LogP) is 4.42. The van der Waals surface area contributed by atoms with Gasteiger partial charge in [-0.15, -0.1) is 0 Å². The van der Waals surface area contributed by atoms with Gasteiger partial charge in [0.05, 0.1) is 13.0 Å². The van der Waals surface area contributed by atoms with Gasteiger partial charge in [-0.2, -0.15) is 4.98 Å². The number of halogens is 1. The van der Waals surface area contributed by atoms with Crippen molar-refractivity contribution in [2.75, 3.05) is 20.2 Å². The van der Waals surface area contributed by atoms with E-state index in [1.807, 2.05) is 17.0 Å². The Morgan fingerprint density at radius 1 is 1.18 bits per heavy atom. The number of nitrogens with zero attached hydrogens (tertiary/aromatic N) is 3. The molecule has 0 radical (unpaired) electrons. The molecule has 6 nitrogen and oxygen atoms in total. The first kappa shape index (κ1) is 18.5. The number of piperidine rings is 1. The second-order valence-electron chi connectivity index (χ2n) is 6.78. The van der Waals surface area contributed by atoms with E-state index in [9.17, 15) is 4.79 Å². The molecule has 1 fully saturated rings. The molecule has 0 N–H and O–H groups in total.